The molecule has 0 bridgehead atoms. The second-order valence-corrected chi connectivity index (χ2v) is 4.42. The van der Waals surface area contributed by atoms with Gasteiger partial charge in [0.05, 0.1) is 0 Å². The molecule has 0 spiro atoms. The summed E-state index contributed by atoms with van der Waals surface area (Å²) in [6, 6.07) is 9.20. The number of carbonyl (C=O) groups is 1. The van der Waals surface area contributed by atoms with Crippen LogP contribution in [0.25, 0.3) is 0 Å². The smallest absolute Gasteiger partial charge is 0.242 e. The topological polar surface area (TPSA) is 78.3 Å². The largest absolute Gasteiger partial charge is 0.381 e. The van der Waals surface area contributed by atoms with Crippen molar-refractivity contribution in [1.29, 1.82) is 0 Å². The minimum absolute atomic E-state index is 0.399. The summed E-state index contributed by atoms with van der Waals surface area (Å²) in [6.07, 6.45) is 2.50. The molecule has 1 atom stereocenters. The molecule has 1 aromatic rings. The van der Waals surface area contributed by atoms with Gasteiger partial charge in [0.1, 0.15) is 5.54 Å². The summed E-state index contributed by atoms with van der Waals surface area (Å²) in [7, 11) is 0. The fourth-order valence-corrected chi connectivity index (χ4v) is 1.73. The maximum Gasteiger partial charge on any atom is 0.242 e. The highest BCUT2D eigenvalue weighted by molar-refractivity contribution is 5.85. The molecule has 1 amide bonds. The SMILES string of the molecule is CCCCOCCC(N)(C(N)=O)c1ccccc1. The van der Waals surface area contributed by atoms with Crippen LogP contribution in [-0.4, -0.2) is 19.1 Å². The van der Waals surface area contributed by atoms with Gasteiger partial charge in [-0.1, -0.05) is 43.7 Å². The molecule has 0 saturated heterocycles. The van der Waals surface area contributed by atoms with Gasteiger partial charge in [-0.25, -0.2) is 0 Å². The predicted molar refractivity (Wildman–Crippen MR) is 71.8 cm³/mol. The van der Waals surface area contributed by atoms with Gasteiger partial charge in [0, 0.05) is 19.6 Å². The highest BCUT2D eigenvalue weighted by Crippen LogP contribution is 2.21. The van der Waals surface area contributed by atoms with Crippen molar-refractivity contribution in [3.63, 3.8) is 0 Å². The summed E-state index contributed by atoms with van der Waals surface area (Å²) in [5.74, 6) is -0.521. The van der Waals surface area contributed by atoms with Crippen LogP contribution in [0.5, 0.6) is 0 Å². The Morgan fingerprint density at radius 3 is 2.50 bits per heavy atom. The van der Waals surface area contributed by atoms with Gasteiger partial charge >= 0.3 is 0 Å². The summed E-state index contributed by atoms with van der Waals surface area (Å²) >= 11 is 0. The first-order valence-corrected chi connectivity index (χ1v) is 6.33. The number of carbonyl (C=O) groups excluding carboxylic acids is 1. The minimum Gasteiger partial charge on any atom is -0.381 e. The van der Waals surface area contributed by atoms with E-state index in [0.717, 1.165) is 18.4 Å². The zero-order valence-electron chi connectivity index (χ0n) is 10.9. The van der Waals surface area contributed by atoms with Gasteiger partial charge in [-0.3, -0.25) is 4.79 Å². The zero-order valence-corrected chi connectivity index (χ0v) is 10.9. The maximum atomic E-state index is 11.6. The van der Waals surface area contributed by atoms with E-state index in [1.165, 1.54) is 0 Å². The molecule has 0 aromatic heterocycles. The van der Waals surface area contributed by atoms with Crippen LogP contribution in [-0.2, 0) is 15.1 Å². The van der Waals surface area contributed by atoms with Crippen molar-refractivity contribution < 1.29 is 9.53 Å². The quantitative estimate of drug-likeness (QED) is 0.687. The van der Waals surface area contributed by atoms with Gasteiger partial charge in [0.25, 0.3) is 0 Å². The van der Waals surface area contributed by atoms with Gasteiger partial charge in [-0.15, -0.1) is 0 Å². The number of unbranched alkanes of at least 4 members (excludes halogenated alkanes) is 1. The molecule has 0 saturated carbocycles. The number of nitrogens with two attached hydrogens (primary N) is 2. The Morgan fingerprint density at radius 2 is 1.94 bits per heavy atom. The molecule has 0 heterocycles. The number of primary amides is 1. The number of rotatable bonds is 8. The maximum absolute atomic E-state index is 11.6. The lowest BCUT2D eigenvalue weighted by Crippen LogP contribution is -2.49. The van der Waals surface area contributed by atoms with E-state index in [2.05, 4.69) is 6.92 Å². The molecule has 18 heavy (non-hydrogen) atoms. The van der Waals surface area contributed by atoms with Gasteiger partial charge in [0.2, 0.25) is 5.91 Å². The van der Waals surface area contributed by atoms with Crippen molar-refractivity contribution in [2.45, 2.75) is 31.7 Å². The van der Waals surface area contributed by atoms with Crippen LogP contribution < -0.4 is 11.5 Å². The number of benzene rings is 1. The molecular formula is C14H22N2O2. The Hall–Kier alpha value is -1.39. The van der Waals surface area contributed by atoms with Crippen LogP contribution in [0.4, 0.5) is 0 Å². The molecule has 100 valence electrons. The predicted octanol–water partition coefficient (Wildman–Crippen LogP) is 1.53. The third kappa shape index (κ3) is 3.82. The second kappa shape index (κ2) is 7.13. The second-order valence-electron chi connectivity index (χ2n) is 4.42. The lowest BCUT2D eigenvalue weighted by Gasteiger charge is -2.26. The van der Waals surface area contributed by atoms with E-state index < -0.39 is 11.4 Å². The van der Waals surface area contributed by atoms with Crippen molar-refractivity contribution in [3.05, 3.63) is 35.9 Å². The molecule has 1 rings (SSSR count). The van der Waals surface area contributed by atoms with Gasteiger partial charge in [-0.2, -0.15) is 0 Å². The minimum atomic E-state index is -1.15. The molecule has 1 aromatic carbocycles. The average Bonchev–Trinajstić information content (AvgIpc) is 2.39. The van der Waals surface area contributed by atoms with Crippen LogP contribution in [0.2, 0.25) is 0 Å². The first-order valence-electron chi connectivity index (χ1n) is 6.33. The van der Waals surface area contributed by atoms with E-state index in [1.54, 1.807) is 0 Å². The Labute approximate surface area is 108 Å². The molecule has 4 heteroatoms. The molecule has 0 fully saturated rings. The van der Waals surface area contributed by atoms with Crippen LogP contribution in [0, 0.1) is 0 Å². The van der Waals surface area contributed by atoms with E-state index in [0.29, 0.717) is 19.6 Å². The van der Waals surface area contributed by atoms with E-state index in [-0.39, 0.29) is 0 Å². The van der Waals surface area contributed by atoms with Crippen LogP contribution >= 0.6 is 0 Å². The third-order valence-corrected chi connectivity index (χ3v) is 3.01. The van der Waals surface area contributed by atoms with Crippen molar-refractivity contribution in [2.24, 2.45) is 11.5 Å². The van der Waals surface area contributed by atoms with Crippen LogP contribution in [0.3, 0.4) is 0 Å². The fraction of sp³-hybridized carbons (Fsp3) is 0.500. The molecular weight excluding hydrogens is 228 g/mol. The molecule has 1 unspecified atom stereocenters. The van der Waals surface area contributed by atoms with Crippen molar-refractivity contribution in [1.82, 2.24) is 0 Å². The molecule has 4 N–H and O–H groups in total. The van der Waals surface area contributed by atoms with Gasteiger partial charge in [-0.05, 0) is 12.0 Å². The first kappa shape index (κ1) is 14.7. The first-order chi connectivity index (χ1) is 8.61. The molecule has 0 aliphatic carbocycles. The Balaban J connectivity index is 2.62. The lowest BCUT2D eigenvalue weighted by atomic mass is 9.87. The zero-order chi connectivity index (χ0) is 13.4. The van der Waals surface area contributed by atoms with E-state index in [1.807, 2.05) is 30.3 Å². The van der Waals surface area contributed by atoms with Crippen molar-refractivity contribution >= 4 is 5.91 Å². The lowest BCUT2D eigenvalue weighted by molar-refractivity contribution is -0.124. The average molecular weight is 250 g/mol. The Morgan fingerprint density at radius 1 is 1.28 bits per heavy atom. The number of hydrogen-bond acceptors (Lipinski definition) is 3. The summed E-state index contributed by atoms with van der Waals surface area (Å²) in [5.41, 5.74) is 11.1. The summed E-state index contributed by atoms with van der Waals surface area (Å²) in [4.78, 5) is 11.6. The Kier molecular flexibility index (Phi) is 5.82. The van der Waals surface area contributed by atoms with Crippen LogP contribution in [0.1, 0.15) is 31.7 Å². The number of ether oxygens (including phenoxy) is 1. The summed E-state index contributed by atoms with van der Waals surface area (Å²) in [6.45, 7) is 3.23. The van der Waals surface area contributed by atoms with Crippen LogP contribution in [0.15, 0.2) is 30.3 Å². The fourth-order valence-electron chi connectivity index (χ4n) is 1.73. The molecule has 0 aliphatic rings. The molecule has 4 nitrogen and oxygen atoms in total. The van der Waals surface area contributed by atoms with E-state index >= 15 is 0 Å². The molecule has 0 radical (unpaired) electrons. The highest BCUT2D eigenvalue weighted by Gasteiger charge is 2.33. The highest BCUT2D eigenvalue weighted by atomic mass is 16.5. The van der Waals surface area contributed by atoms with Gasteiger partial charge < -0.3 is 16.2 Å². The Bertz CT molecular complexity index is 367. The monoisotopic (exact) mass is 250 g/mol. The van der Waals surface area contributed by atoms with Gasteiger partial charge in [0.15, 0.2) is 0 Å². The van der Waals surface area contributed by atoms with Crippen molar-refractivity contribution in [3.8, 4) is 0 Å². The standard InChI is InChI=1S/C14H22N2O2/c1-2-3-10-18-11-9-14(16,13(15)17)12-7-5-4-6-8-12/h4-8H,2-3,9-11,16H2,1H3,(H2,15,17). The summed E-state index contributed by atoms with van der Waals surface area (Å²) in [5, 5.41) is 0. The van der Waals surface area contributed by atoms with E-state index in [9.17, 15) is 4.79 Å². The third-order valence-electron chi connectivity index (χ3n) is 3.01. The summed E-state index contributed by atoms with van der Waals surface area (Å²) < 4.78 is 5.45. The number of hydrogen-bond donors (Lipinski definition) is 2. The normalized spacial score (nSPS) is 14.1. The number of amides is 1. The van der Waals surface area contributed by atoms with Crippen molar-refractivity contribution in [2.75, 3.05) is 13.2 Å². The van der Waals surface area contributed by atoms with E-state index in [4.69, 9.17) is 16.2 Å². The molecule has 0 aliphatic heterocycles.